The monoisotopic (exact) mass is 426 g/mol. The van der Waals surface area contributed by atoms with Crippen molar-refractivity contribution in [1.29, 1.82) is 0 Å². The second-order valence-electron chi connectivity index (χ2n) is 5.92. The maximum Gasteiger partial charge on any atom is 0.338 e. The number of aliphatic hydroxyl groups is 1. The first kappa shape index (κ1) is 20.0. The van der Waals surface area contributed by atoms with Gasteiger partial charge in [-0.3, -0.25) is 0 Å². The molecule has 1 aliphatic heterocycles. The van der Waals surface area contributed by atoms with Gasteiger partial charge in [-0.1, -0.05) is 23.2 Å². The minimum absolute atomic E-state index is 0.0156. The number of hydrogen-bond donors (Lipinski definition) is 1. The molecule has 5 nitrogen and oxygen atoms in total. The molecule has 0 bridgehead atoms. The first-order chi connectivity index (χ1) is 12.9. The summed E-state index contributed by atoms with van der Waals surface area (Å²) < 4.78 is 10.8. The van der Waals surface area contributed by atoms with Crippen molar-refractivity contribution in [2.24, 2.45) is 0 Å². The van der Waals surface area contributed by atoms with E-state index in [1.165, 1.54) is 11.8 Å². The third-order valence-electron chi connectivity index (χ3n) is 3.98. The molecule has 3 atom stereocenters. The largest absolute Gasteiger partial charge is 0.461 e. The maximum atomic E-state index is 12.3. The SMILES string of the molecule is O=C(OC[C@@H]1SC(O)CC1OC(=O)c1ccc(Cl)cc1)c1ccc(Cl)cc1. The molecule has 2 aromatic rings. The predicted octanol–water partition coefficient (Wildman–Crippen LogP) is 4.20. The number of hydrogen-bond acceptors (Lipinski definition) is 6. The van der Waals surface area contributed by atoms with E-state index in [9.17, 15) is 14.7 Å². The number of aliphatic hydroxyl groups excluding tert-OH is 1. The van der Waals surface area contributed by atoms with Crippen LogP contribution in [0.1, 0.15) is 27.1 Å². The summed E-state index contributed by atoms with van der Waals surface area (Å²) in [7, 11) is 0. The Bertz CT molecular complexity index is 810. The van der Waals surface area contributed by atoms with E-state index in [1.54, 1.807) is 48.5 Å². The number of esters is 2. The summed E-state index contributed by atoms with van der Waals surface area (Å²) in [4.78, 5) is 24.4. The average Bonchev–Trinajstić information content (AvgIpc) is 3.00. The Balaban J connectivity index is 1.58. The van der Waals surface area contributed by atoms with Gasteiger partial charge in [0.25, 0.3) is 0 Å². The predicted molar refractivity (Wildman–Crippen MR) is 104 cm³/mol. The normalized spacial score (nSPS) is 21.7. The first-order valence-electron chi connectivity index (χ1n) is 8.15. The van der Waals surface area contributed by atoms with Gasteiger partial charge >= 0.3 is 11.9 Å². The van der Waals surface area contributed by atoms with Crippen molar-refractivity contribution in [2.75, 3.05) is 6.61 Å². The number of rotatable bonds is 5. The van der Waals surface area contributed by atoms with Gasteiger partial charge in [-0.25, -0.2) is 9.59 Å². The van der Waals surface area contributed by atoms with E-state index in [1.807, 2.05) is 0 Å². The summed E-state index contributed by atoms with van der Waals surface area (Å²) in [5.41, 5.74) is 0.0487. The lowest BCUT2D eigenvalue weighted by Gasteiger charge is -2.19. The Labute approximate surface area is 170 Å². The number of thioether (sulfide) groups is 1. The average molecular weight is 427 g/mol. The fraction of sp³-hybridized carbons (Fsp3) is 0.263. The Morgan fingerprint density at radius 3 is 2.04 bits per heavy atom. The van der Waals surface area contributed by atoms with Gasteiger partial charge in [-0.15, -0.1) is 11.8 Å². The van der Waals surface area contributed by atoms with Crippen molar-refractivity contribution in [3.8, 4) is 0 Å². The summed E-state index contributed by atoms with van der Waals surface area (Å²) in [6.07, 6.45) is -0.293. The second kappa shape index (κ2) is 8.97. The molecule has 3 rings (SSSR count). The molecule has 0 spiro atoms. The van der Waals surface area contributed by atoms with Crippen molar-refractivity contribution in [2.45, 2.75) is 23.2 Å². The molecule has 1 heterocycles. The van der Waals surface area contributed by atoms with Gasteiger partial charge in [-0.05, 0) is 48.5 Å². The van der Waals surface area contributed by atoms with Crippen LogP contribution < -0.4 is 0 Å². The highest BCUT2D eigenvalue weighted by Crippen LogP contribution is 2.35. The molecule has 0 aliphatic carbocycles. The lowest BCUT2D eigenvalue weighted by atomic mass is 10.2. The number of benzene rings is 2. The zero-order valence-electron chi connectivity index (χ0n) is 14.0. The molecule has 1 N–H and O–H groups in total. The van der Waals surface area contributed by atoms with Crippen LogP contribution in [0.25, 0.3) is 0 Å². The Morgan fingerprint density at radius 1 is 0.963 bits per heavy atom. The molecule has 1 aliphatic rings. The molecule has 0 aromatic heterocycles. The van der Waals surface area contributed by atoms with E-state index in [-0.39, 0.29) is 18.3 Å². The molecule has 8 heteroatoms. The van der Waals surface area contributed by atoms with Gasteiger partial charge in [0.05, 0.1) is 16.4 Å². The van der Waals surface area contributed by atoms with Gasteiger partial charge in [0.1, 0.15) is 18.1 Å². The Morgan fingerprint density at radius 2 is 1.48 bits per heavy atom. The molecule has 142 valence electrons. The molecule has 0 saturated carbocycles. The van der Waals surface area contributed by atoms with Crippen molar-refractivity contribution < 1.29 is 24.2 Å². The lowest BCUT2D eigenvalue weighted by molar-refractivity contribution is 0.0178. The summed E-state index contributed by atoms with van der Waals surface area (Å²) in [6, 6.07) is 12.7. The van der Waals surface area contributed by atoms with Gasteiger partial charge in [-0.2, -0.15) is 0 Å². The fourth-order valence-electron chi connectivity index (χ4n) is 2.58. The van der Waals surface area contributed by atoms with Gasteiger partial charge in [0.2, 0.25) is 0 Å². The van der Waals surface area contributed by atoms with E-state index < -0.39 is 23.5 Å². The van der Waals surface area contributed by atoms with E-state index in [4.69, 9.17) is 32.7 Å². The number of ether oxygens (including phenoxy) is 2. The summed E-state index contributed by atoms with van der Waals surface area (Å²) in [6.45, 7) is 0.0156. The summed E-state index contributed by atoms with van der Waals surface area (Å²) in [5, 5.41) is 10.6. The molecular formula is C19H16Cl2O5S. The third-order valence-corrected chi connectivity index (χ3v) is 5.78. The Hall–Kier alpha value is -1.73. The van der Waals surface area contributed by atoms with Crippen LogP contribution in [0.2, 0.25) is 10.0 Å². The maximum absolute atomic E-state index is 12.3. The van der Waals surface area contributed by atoms with Gasteiger partial charge in [0, 0.05) is 16.5 Å². The van der Waals surface area contributed by atoms with Crippen LogP contribution >= 0.6 is 35.0 Å². The van der Waals surface area contributed by atoms with E-state index >= 15 is 0 Å². The third kappa shape index (κ3) is 5.39. The van der Waals surface area contributed by atoms with Crippen LogP contribution in [0.4, 0.5) is 0 Å². The van der Waals surface area contributed by atoms with E-state index in [0.29, 0.717) is 21.2 Å². The van der Waals surface area contributed by atoms with Gasteiger partial charge in [0.15, 0.2) is 0 Å². The van der Waals surface area contributed by atoms with Crippen LogP contribution in [0.5, 0.6) is 0 Å². The van der Waals surface area contributed by atoms with Crippen molar-refractivity contribution in [1.82, 2.24) is 0 Å². The first-order valence-corrected chi connectivity index (χ1v) is 9.85. The second-order valence-corrected chi connectivity index (χ2v) is 8.22. The number of halogens is 2. The summed E-state index contributed by atoms with van der Waals surface area (Å²) in [5.74, 6) is -1.02. The topological polar surface area (TPSA) is 72.8 Å². The molecule has 2 aromatic carbocycles. The van der Waals surface area contributed by atoms with Crippen LogP contribution in [-0.2, 0) is 9.47 Å². The smallest absolute Gasteiger partial charge is 0.338 e. The summed E-state index contributed by atoms with van der Waals surface area (Å²) >= 11 is 12.8. The van der Waals surface area contributed by atoms with Crippen molar-refractivity contribution in [3.63, 3.8) is 0 Å². The lowest BCUT2D eigenvalue weighted by Crippen LogP contribution is -2.29. The molecule has 2 unspecified atom stereocenters. The van der Waals surface area contributed by atoms with Crippen LogP contribution in [0.15, 0.2) is 48.5 Å². The number of carbonyl (C=O) groups excluding carboxylic acids is 2. The van der Waals surface area contributed by atoms with Crippen molar-refractivity contribution >= 4 is 46.9 Å². The van der Waals surface area contributed by atoms with Crippen molar-refractivity contribution in [3.05, 3.63) is 69.7 Å². The minimum atomic E-state index is -0.688. The van der Waals surface area contributed by atoms with E-state index in [0.717, 1.165) is 0 Å². The molecule has 1 saturated heterocycles. The van der Waals surface area contributed by atoms with Crippen LogP contribution in [0.3, 0.4) is 0 Å². The zero-order chi connectivity index (χ0) is 19.4. The molecule has 0 amide bonds. The molecule has 0 radical (unpaired) electrons. The standard InChI is InChI=1S/C19H16Cl2O5S/c20-13-5-1-11(2-6-13)18(23)25-10-16-15(9-17(22)27-16)26-19(24)12-3-7-14(21)8-4-12/h1-8,15-17,22H,9-10H2/t15?,16-,17?/m0/s1. The molecular weight excluding hydrogens is 411 g/mol. The molecule has 1 fully saturated rings. The molecule has 27 heavy (non-hydrogen) atoms. The quantitative estimate of drug-likeness (QED) is 0.722. The fourth-order valence-corrected chi connectivity index (χ4v) is 4.03. The van der Waals surface area contributed by atoms with Gasteiger partial charge < -0.3 is 14.6 Å². The number of carbonyl (C=O) groups is 2. The van der Waals surface area contributed by atoms with Crippen LogP contribution in [-0.4, -0.2) is 40.4 Å². The Kier molecular flexibility index (Phi) is 6.65. The highest BCUT2D eigenvalue weighted by Gasteiger charge is 2.38. The zero-order valence-corrected chi connectivity index (χ0v) is 16.3. The minimum Gasteiger partial charge on any atom is -0.461 e. The van der Waals surface area contributed by atoms with Crippen LogP contribution in [0, 0.1) is 0 Å². The van der Waals surface area contributed by atoms with E-state index in [2.05, 4.69) is 0 Å². The highest BCUT2D eigenvalue weighted by atomic mass is 35.5. The highest BCUT2D eigenvalue weighted by molar-refractivity contribution is 8.00.